The van der Waals surface area contributed by atoms with Gasteiger partial charge in [0.1, 0.15) is 6.54 Å². The molecule has 0 amide bonds. The second kappa shape index (κ2) is 8.30. The lowest BCUT2D eigenvalue weighted by atomic mass is 9.85. The lowest BCUT2D eigenvalue weighted by Gasteiger charge is -2.39. The fourth-order valence-electron chi connectivity index (χ4n) is 5.03. The highest BCUT2D eigenvalue weighted by atomic mass is 15.2. The normalized spacial score (nSPS) is 33.3. The van der Waals surface area contributed by atoms with E-state index in [2.05, 4.69) is 44.2 Å². The monoisotopic (exact) mass is 316 g/mol. The molecule has 3 rings (SSSR count). The van der Waals surface area contributed by atoms with Gasteiger partial charge in [-0.2, -0.15) is 0 Å². The highest BCUT2D eigenvalue weighted by Crippen LogP contribution is 2.22. The Bertz CT molecular complexity index is 450. The highest BCUT2D eigenvalue weighted by molar-refractivity contribution is 5.13. The van der Waals surface area contributed by atoms with Crippen molar-refractivity contribution in [2.24, 2.45) is 5.92 Å². The van der Waals surface area contributed by atoms with Crippen molar-refractivity contribution < 1.29 is 9.80 Å². The number of likely N-dealkylation sites (tertiary alicyclic amines) is 1. The zero-order chi connectivity index (χ0) is 16.1. The van der Waals surface area contributed by atoms with Crippen LogP contribution >= 0.6 is 0 Å². The summed E-state index contributed by atoms with van der Waals surface area (Å²) in [4.78, 5) is 3.73. The van der Waals surface area contributed by atoms with E-state index in [1.165, 1.54) is 70.3 Å². The summed E-state index contributed by atoms with van der Waals surface area (Å²) < 4.78 is 0. The van der Waals surface area contributed by atoms with Crippen molar-refractivity contribution in [3.05, 3.63) is 35.9 Å². The van der Waals surface area contributed by atoms with Gasteiger partial charge in [-0.3, -0.25) is 0 Å². The van der Waals surface area contributed by atoms with Crippen molar-refractivity contribution in [3.8, 4) is 0 Å². The van der Waals surface area contributed by atoms with Crippen molar-refractivity contribution >= 4 is 0 Å². The molecule has 0 bridgehead atoms. The van der Waals surface area contributed by atoms with Gasteiger partial charge in [0, 0.05) is 24.8 Å². The number of piperidine rings is 1. The van der Waals surface area contributed by atoms with Crippen LogP contribution in [0.4, 0.5) is 0 Å². The molecule has 1 aromatic carbocycles. The number of quaternary nitrogens is 2. The van der Waals surface area contributed by atoms with Crippen LogP contribution in [0, 0.1) is 5.92 Å². The van der Waals surface area contributed by atoms with Gasteiger partial charge in [0.25, 0.3) is 0 Å². The van der Waals surface area contributed by atoms with E-state index in [0.29, 0.717) is 0 Å². The third-order valence-corrected chi connectivity index (χ3v) is 6.45. The predicted molar refractivity (Wildman–Crippen MR) is 96.8 cm³/mol. The Labute approximate surface area is 142 Å². The van der Waals surface area contributed by atoms with Crippen LogP contribution in [0.1, 0.15) is 57.9 Å². The molecule has 0 spiro atoms. The molecular formula is C21H36N2+2. The minimum atomic E-state index is 0.880. The van der Waals surface area contributed by atoms with Gasteiger partial charge in [-0.05, 0) is 25.7 Å². The first-order valence-electron chi connectivity index (χ1n) is 9.99. The molecule has 1 unspecified atom stereocenters. The van der Waals surface area contributed by atoms with Gasteiger partial charge < -0.3 is 9.80 Å². The molecule has 1 saturated heterocycles. The first-order chi connectivity index (χ1) is 11.3. The summed E-state index contributed by atoms with van der Waals surface area (Å²) in [6, 6.07) is 12.9. The summed E-state index contributed by atoms with van der Waals surface area (Å²) >= 11 is 0. The molecule has 1 aliphatic heterocycles. The van der Waals surface area contributed by atoms with Crippen LogP contribution in [0.15, 0.2) is 30.3 Å². The van der Waals surface area contributed by atoms with Crippen LogP contribution in [-0.4, -0.2) is 31.7 Å². The summed E-state index contributed by atoms with van der Waals surface area (Å²) in [5, 5.41) is 0. The summed E-state index contributed by atoms with van der Waals surface area (Å²) in [6.45, 7) is 10.1. The van der Waals surface area contributed by atoms with Crippen LogP contribution in [-0.2, 0) is 6.54 Å². The van der Waals surface area contributed by atoms with Crippen molar-refractivity contribution in [3.63, 3.8) is 0 Å². The summed E-state index contributed by atoms with van der Waals surface area (Å²) in [5.41, 5.74) is 1.50. The molecule has 0 radical (unpaired) electrons. The minimum absolute atomic E-state index is 0.880. The average Bonchev–Trinajstić information content (AvgIpc) is 2.61. The van der Waals surface area contributed by atoms with Crippen molar-refractivity contribution in [2.75, 3.05) is 19.6 Å². The molecule has 2 aliphatic rings. The van der Waals surface area contributed by atoms with E-state index in [-0.39, 0.29) is 0 Å². The molecule has 1 saturated carbocycles. The number of nitrogens with one attached hydrogen (secondary N) is 2. The molecule has 2 fully saturated rings. The fourth-order valence-corrected chi connectivity index (χ4v) is 5.03. The van der Waals surface area contributed by atoms with Crippen LogP contribution in [0.3, 0.4) is 0 Å². The first kappa shape index (κ1) is 17.0. The van der Waals surface area contributed by atoms with Gasteiger partial charge in [0.15, 0.2) is 0 Å². The van der Waals surface area contributed by atoms with E-state index in [0.717, 1.165) is 18.0 Å². The number of benzene rings is 1. The standard InChI is InChI=1S/C21H34N2/c1-3-22(17-19-9-5-4-6-10-19)20-12-14-23(15-13-20)21-11-7-8-18(2)16-21/h4-6,9-10,18,20-21H,3,7-8,11-17H2,1-2H3/p+2/t18-,21+/m0/s1. The maximum atomic E-state index is 2.46. The lowest BCUT2D eigenvalue weighted by molar-refractivity contribution is -0.974. The Morgan fingerprint density at radius 3 is 2.43 bits per heavy atom. The SMILES string of the molecule is CC[NH+](Cc1ccccc1)C1CC[NH+]([C@@H]2CCC[C@H](C)C2)CC1. The maximum absolute atomic E-state index is 2.46. The molecule has 3 atom stereocenters. The first-order valence-corrected chi connectivity index (χ1v) is 9.99. The Kier molecular flexibility index (Phi) is 6.13. The third kappa shape index (κ3) is 4.58. The Morgan fingerprint density at radius 1 is 1.04 bits per heavy atom. The minimum Gasteiger partial charge on any atom is -0.332 e. The third-order valence-electron chi connectivity index (χ3n) is 6.45. The van der Waals surface area contributed by atoms with E-state index in [9.17, 15) is 0 Å². The topological polar surface area (TPSA) is 8.88 Å². The zero-order valence-corrected chi connectivity index (χ0v) is 15.2. The van der Waals surface area contributed by atoms with Gasteiger partial charge in [0.2, 0.25) is 0 Å². The molecule has 1 aromatic rings. The van der Waals surface area contributed by atoms with E-state index >= 15 is 0 Å². The number of hydrogen-bond acceptors (Lipinski definition) is 0. The van der Waals surface area contributed by atoms with Gasteiger partial charge in [0.05, 0.1) is 31.7 Å². The molecule has 1 heterocycles. The van der Waals surface area contributed by atoms with E-state index in [4.69, 9.17) is 0 Å². The van der Waals surface area contributed by atoms with E-state index < -0.39 is 0 Å². The highest BCUT2D eigenvalue weighted by Gasteiger charge is 2.34. The maximum Gasteiger partial charge on any atom is 0.103 e. The number of hydrogen-bond donors (Lipinski definition) is 2. The molecule has 2 heteroatoms. The van der Waals surface area contributed by atoms with E-state index in [1.807, 2.05) is 4.90 Å². The summed E-state index contributed by atoms with van der Waals surface area (Å²) in [7, 11) is 0. The molecule has 0 aromatic heterocycles. The smallest absolute Gasteiger partial charge is 0.103 e. The quantitative estimate of drug-likeness (QED) is 0.818. The summed E-state index contributed by atoms with van der Waals surface area (Å²) in [5.74, 6) is 0.967. The molecule has 128 valence electrons. The molecular weight excluding hydrogens is 280 g/mol. The summed E-state index contributed by atoms with van der Waals surface area (Å²) in [6.07, 6.45) is 8.76. The van der Waals surface area contributed by atoms with Crippen LogP contribution in [0.5, 0.6) is 0 Å². The van der Waals surface area contributed by atoms with Crippen molar-refractivity contribution in [2.45, 2.75) is 71.0 Å². The Morgan fingerprint density at radius 2 is 1.78 bits per heavy atom. The molecule has 2 nitrogen and oxygen atoms in total. The zero-order valence-electron chi connectivity index (χ0n) is 15.2. The Balaban J connectivity index is 1.50. The van der Waals surface area contributed by atoms with Crippen molar-refractivity contribution in [1.29, 1.82) is 0 Å². The molecule has 2 N–H and O–H groups in total. The van der Waals surface area contributed by atoms with Crippen LogP contribution in [0.25, 0.3) is 0 Å². The van der Waals surface area contributed by atoms with Crippen molar-refractivity contribution in [1.82, 2.24) is 0 Å². The lowest BCUT2D eigenvalue weighted by Crippen LogP contribution is -3.21. The van der Waals surface area contributed by atoms with Crippen LogP contribution in [0.2, 0.25) is 0 Å². The van der Waals surface area contributed by atoms with Gasteiger partial charge in [-0.1, -0.05) is 43.7 Å². The Hall–Kier alpha value is -0.860. The van der Waals surface area contributed by atoms with Crippen LogP contribution < -0.4 is 9.80 Å². The molecule has 1 aliphatic carbocycles. The van der Waals surface area contributed by atoms with Gasteiger partial charge >= 0.3 is 0 Å². The van der Waals surface area contributed by atoms with Gasteiger partial charge in [-0.25, -0.2) is 0 Å². The second-order valence-electron chi connectivity index (χ2n) is 8.08. The molecule has 23 heavy (non-hydrogen) atoms. The van der Waals surface area contributed by atoms with Gasteiger partial charge in [-0.15, -0.1) is 0 Å². The number of rotatable bonds is 5. The fraction of sp³-hybridized carbons (Fsp3) is 0.714. The van der Waals surface area contributed by atoms with E-state index in [1.54, 1.807) is 4.90 Å². The second-order valence-corrected chi connectivity index (χ2v) is 8.08. The predicted octanol–water partition coefficient (Wildman–Crippen LogP) is 1.72. The average molecular weight is 317 g/mol. The largest absolute Gasteiger partial charge is 0.332 e.